The van der Waals surface area contributed by atoms with Crippen molar-refractivity contribution in [1.29, 1.82) is 0 Å². The molecule has 1 fully saturated rings. The van der Waals surface area contributed by atoms with Gasteiger partial charge in [-0.15, -0.1) is 0 Å². The Morgan fingerprint density at radius 1 is 1.17 bits per heavy atom. The van der Waals surface area contributed by atoms with Gasteiger partial charge in [0.1, 0.15) is 0 Å². The van der Waals surface area contributed by atoms with Gasteiger partial charge < -0.3 is 14.6 Å². The first kappa shape index (κ1) is 22.5. The van der Waals surface area contributed by atoms with Crippen molar-refractivity contribution in [3.05, 3.63) is 40.2 Å². The van der Waals surface area contributed by atoms with Gasteiger partial charge in [0.2, 0.25) is 15.6 Å². The second kappa shape index (κ2) is 9.28. The average Bonchev–Trinajstić information content (AvgIpc) is 3.24. The van der Waals surface area contributed by atoms with Crippen LogP contribution >= 0.6 is 0 Å². The smallest absolute Gasteiger partial charge is 0.254 e. The number of nitrogens with zero attached hydrogens (tertiary/aromatic N) is 2. The number of aromatic nitrogens is 1. The standard InChI is InChI=1S/C21H29N3O5S/c1-4-23(13-15-9-10-29-14-15)21(26)18-12-20(25)22-19-8-7-16(11-17(18)19)30(27,28)24(5-2)6-3/h7-8,11-12,15H,4-6,9-10,13-14H2,1-3H3,(H,22,25). The number of amides is 1. The van der Waals surface area contributed by atoms with E-state index in [-0.39, 0.29) is 22.3 Å². The molecular weight excluding hydrogens is 406 g/mol. The summed E-state index contributed by atoms with van der Waals surface area (Å²) in [6.07, 6.45) is 0.895. The number of rotatable bonds is 8. The molecule has 1 aliphatic heterocycles. The predicted molar refractivity (Wildman–Crippen MR) is 115 cm³/mol. The molecule has 1 saturated heterocycles. The molecule has 3 rings (SSSR count). The van der Waals surface area contributed by atoms with Crippen molar-refractivity contribution < 1.29 is 17.9 Å². The maximum atomic E-state index is 13.3. The van der Waals surface area contributed by atoms with Crippen LogP contribution in [0.1, 0.15) is 37.6 Å². The number of fused-ring (bicyclic) bond motifs is 1. The lowest BCUT2D eigenvalue weighted by atomic mass is 10.1. The van der Waals surface area contributed by atoms with E-state index in [1.54, 1.807) is 24.8 Å². The average molecular weight is 436 g/mol. The van der Waals surface area contributed by atoms with E-state index in [0.29, 0.717) is 50.3 Å². The second-order valence-corrected chi connectivity index (χ2v) is 9.36. The minimum absolute atomic E-state index is 0.104. The van der Waals surface area contributed by atoms with Crippen LogP contribution in [-0.4, -0.2) is 67.9 Å². The molecule has 1 aliphatic rings. The van der Waals surface area contributed by atoms with Crippen LogP contribution in [0.4, 0.5) is 0 Å². The normalized spacial score (nSPS) is 17.0. The molecule has 1 N–H and O–H groups in total. The summed E-state index contributed by atoms with van der Waals surface area (Å²) in [5.74, 6) is -0.0151. The lowest BCUT2D eigenvalue weighted by Gasteiger charge is -2.24. The number of nitrogens with one attached hydrogen (secondary N) is 1. The molecule has 2 heterocycles. The van der Waals surface area contributed by atoms with Crippen LogP contribution in [0.25, 0.3) is 10.9 Å². The van der Waals surface area contributed by atoms with Crippen molar-refractivity contribution in [1.82, 2.24) is 14.2 Å². The number of pyridine rings is 1. The monoisotopic (exact) mass is 435 g/mol. The zero-order valence-corrected chi connectivity index (χ0v) is 18.5. The summed E-state index contributed by atoms with van der Waals surface area (Å²) in [6, 6.07) is 5.75. The van der Waals surface area contributed by atoms with Crippen LogP contribution in [0.15, 0.2) is 34.0 Å². The Morgan fingerprint density at radius 3 is 2.50 bits per heavy atom. The van der Waals surface area contributed by atoms with Gasteiger partial charge >= 0.3 is 0 Å². The first-order valence-electron chi connectivity index (χ1n) is 10.4. The van der Waals surface area contributed by atoms with Crippen LogP contribution in [0.2, 0.25) is 0 Å². The number of hydrogen-bond acceptors (Lipinski definition) is 5. The van der Waals surface area contributed by atoms with Gasteiger partial charge in [-0.1, -0.05) is 13.8 Å². The highest BCUT2D eigenvalue weighted by atomic mass is 32.2. The van der Waals surface area contributed by atoms with Gasteiger partial charge in [0.15, 0.2) is 0 Å². The molecule has 1 atom stereocenters. The summed E-state index contributed by atoms with van der Waals surface area (Å²) >= 11 is 0. The van der Waals surface area contributed by atoms with Crippen LogP contribution in [0.3, 0.4) is 0 Å². The molecule has 9 heteroatoms. The van der Waals surface area contributed by atoms with Crippen LogP contribution in [-0.2, 0) is 14.8 Å². The third-order valence-electron chi connectivity index (χ3n) is 5.56. The second-order valence-electron chi connectivity index (χ2n) is 7.42. The molecule has 0 bridgehead atoms. The van der Waals surface area contributed by atoms with Gasteiger partial charge in [-0.2, -0.15) is 4.31 Å². The maximum Gasteiger partial charge on any atom is 0.254 e. The number of aromatic amines is 1. The number of benzene rings is 1. The quantitative estimate of drug-likeness (QED) is 0.684. The fourth-order valence-electron chi connectivity index (χ4n) is 3.85. The highest BCUT2D eigenvalue weighted by Gasteiger charge is 2.26. The van der Waals surface area contributed by atoms with Crippen molar-refractivity contribution in [3.8, 4) is 0 Å². The Labute approximate surface area is 176 Å². The molecule has 164 valence electrons. The number of carbonyl (C=O) groups excluding carboxylic acids is 1. The van der Waals surface area contributed by atoms with Crippen molar-refractivity contribution in [2.75, 3.05) is 39.4 Å². The molecule has 1 amide bonds. The molecule has 0 spiro atoms. The molecule has 0 radical (unpaired) electrons. The molecule has 2 aromatic rings. The zero-order chi connectivity index (χ0) is 21.9. The summed E-state index contributed by atoms with van der Waals surface area (Å²) in [4.78, 5) is 30.0. The van der Waals surface area contributed by atoms with Gasteiger partial charge in [0, 0.05) is 55.7 Å². The summed E-state index contributed by atoms with van der Waals surface area (Å²) in [5.41, 5.74) is 0.251. The lowest BCUT2D eigenvalue weighted by molar-refractivity contribution is 0.0732. The maximum absolute atomic E-state index is 13.3. The Bertz CT molecular complexity index is 1070. The minimum atomic E-state index is -3.69. The third-order valence-corrected chi connectivity index (χ3v) is 7.61. The van der Waals surface area contributed by atoms with Crippen molar-refractivity contribution in [3.63, 3.8) is 0 Å². The SMILES string of the molecule is CCN(CC1CCOC1)C(=O)c1cc(=O)[nH]c2ccc(S(=O)(=O)N(CC)CC)cc12. The lowest BCUT2D eigenvalue weighted by Crippen LogP contribution is -2.36. The van der Waals surface area contributed by atoms with Gasteiger partial charge in [-0.05, 0) is 31.5 Å². The van der Waals surface area contributed by atoms with E-state index in [0.717, 1.165) is 6.42 Å². The van der Waals surface area contributed by atoms with E-state index in [1.165, 1.54) is 22.5 Å². The van der Waals surface area contributed by atoms with E-state index in [2.05, 4.69) is 4.98 Å². The largest absolute Gasteiger partial charge is 0.381 e. The third kappa shape index (κ3) is 4.43. The highest BCUT2D eigenvalue weighted by Crippen LogP contribution is 2.24. The molecule has 0 saturated carbocycles. The highest BCUT2D eigenvalue weighted by molar-refractivity contribution is 7.89. The van der Waals surface area contributed by atoms with Gasteiger partial charge in [-0.3, -0.25) is 9.59 Å². The minimum Gasteiger partial charge on any atom is -0.381 e. The molecule has 1 aromatic carbocycles. The summed E-state index contributed by atoms with van der Waals surface area (Å²) in [6.45, 7) is 8.48. The Hall–Kier alpha value is -2.23. The zero-order valence-electron chi connectivity index (χ0n) is 17.7. The molecule has 30 heavy (non-hydrogen) atoms. The van der Waals surface area contributed by atoms with Crippen LogP contribution in [0.5, 0.6) is 0 Å². The van der Waals surface area contributed by atoms with Gasteiger partial charge in [-0.25, -0.2) is 8.42 Å². The number of sulfonamides is 1. The van der Waals surface area contributed by atoms with E-state index < -0.39 is 15.6 Å². The summed E-state index contributed by atoms with van der Waals surface area (Å²) in [7, 11) is -3.69. The van der Waals surface area contributed by atoms with Crippen LogP contribution in [0, 0.1) is 5.92 Å². The Kier molecular flexibility index (Phi) is 6.95. The fraction of sp³-hybridized carbons (Fsp3) is 0.524. The van der Waals surface area contributed by atoms with Gasteiger partial charge in [0.25, 0.3) is 5.91 Å². The van der Waals surface area contributed by atoms with E-state index in [9.17, 15) is 18.0 Å². The molecule has 1 unspecified atom stereocenters. The molecule has 0 aliphatic carbocycles. The fourth-order valence-corrected chi connectivity index (χ4v) is 5.33. The number of hydrogen-bond donors (Lipinski definition) is 1. The van der Waals surface area contributed by atoms with Crippen molar-refractivity contribution >= 4 is 26.8 Å². The van der Waals surface area contributed by atoms with Crippen LogP contribution < -0.4 is 5.56 Å². The topological polar surface area (TPSA) is 99.8 Å². The summed E-state index contributed by atoms with van der Waals surface area (Å²) < 4.78 is 32.7. The van der Waals surface area contributed by atoms with E-state index >= 15 is 0 Å². The van der Waals surface area contributed by atoms with Gasteiger partial charge in [0.05, 0.1) is 17.1 Å². The molecule has 8 nitrogen and oxygen atoms in total. The van der Waals surface area contributed by atoms with Crippen molar-refractivity contribution in [2.45, 2.75) is 32.1 Å². The summed E-state index contributed by atoms with van der Waals surface area (Å²) in [5, 5.41) is 0.425. The predicted octanol–water partition coefficient (Wildman–Crippen LogP) is 2.06. The molecule has 1 aromatic heterocycles. The van der Waals surface area contributed by atoms with E-state index in [1.807, 2.05) is 6.92 Å². The van der Waals surface area contributed by atoms with E-state index in [4.69, 9.17) is 4.74 Å². The molecular formula is C21H29N3O5S. The first-order valence-corrected chi connectivity index (χ1v) is 11.8. The Morgan fingerprint density at radius 2 is 1.90 bits per heavy atom. The number of ether oxygens (including phenoxy) is 1. The van der Waals surface area contributed by atoms with Crippen molar-refractivity contribution in [2.24, 2.45) is 5.92 Å². The number of H-pyrrole nitrogens is 1. The first-order chi connectivity index (χ1) is 14.3. The number of carbonyl (C=O) groups is 1. The Balaban J connectivity index is 2.07.